The summed E-state index contributed by atoms with van der Waals surface area (Å²) in [6, 6.07) is 8.71. The fourth-order valence-corrected chi connectivity index (χ4v) is 6.34. The van der Waals surface area contributed by atoms with Crippen molar-refractivity contribution in [2.75, 3.05) is 30.9 Å². The number of hydrogen-bond acceptors (Lipinski definition) is 6. The highest BCUT2D eigenvalue weighted by atomic mass is 32.2. The highest BCUT2D eigenvalue weighted by molar-refractivity contribution is 8.13. The minimum absolute atomic E-state index is 0.0195. The second kappa shape index (κ2) is 12.6. The zero-order chi connectivity index (χ0) is 26.4. The molecule has 0 radical (unpaired) electrons. The number of aliphatic hydroxyl groups excluding tert-OH is 1. The zero-order valence-corrected chi connectivity index (χ0v) is 23.9. The maximum absolute atomic E-state index is 10.4. The lowest BCUT2D eigenvalue weighted by Gasteiger charge is -2.18. The van der Waals surface area contributed by atoms with Crippen LogP contribution in [0.25, 0.3) is 16.7 Å². The summed E-state index contributed by atoms with van der Waals surface area (Å²) in [4.78, 5) is 7.94. The first-order valence-electron chi connectivity index (χ1n) is 12.4. The molecule has 0 saturated carbocycles. The predicted octanol–water partition coefficient (Wildman–Crippen LogP) is 7.94. The van der Waals surface area contributed by atoms with Crippen LogP contribution in [0.1, 0.15) is 68.0 Å². The van der Waals surface area contributed by atoms with Crippen LogP contribution in [-0.2, 0) is 0 Å². The standard InChI is InChI=1S/C30H37N3OS2/c1-8-10-27(35-7)32-14-13-19(2)29-28(25-12-9-11-24(23(25)6)22(5)18-34)26(15-31)30(36-29)33-16-20(3)21(4)17-33/h9,11-14,22,34H,2,8,10,16-18H2,1,3-7H3/b14-13-,32-27?. The number of aliphatic imine (C=N–C) groups is 1. The first-order valence-corrected chi connectivity index (χ1v) is 14.5. The number of nitriles is 1. The van der Waals surface area contributed by atoms with Gasteiger partial charge < -0.3 is 10.0 Å². The van der Waals surface area contributed by atoms with Gasteiger partial charge in [-0.25, -0.2) is 0 Å². The lowest BCUT2D eigenvalue weighted by atomic mass is 9.88. The van der Waals surface area contributed by atoms with Crippen molar-refractivity contribution in [3.8, 4) is 17.2 Å². The molecule has 0 spiro atoms. The molecule has 1 N–H and O–H groups in total. The summed E-state index contributed by atoms with van der Waals surface area (Å²) < 4.78 is 0. The molecule has 6 heteroatoms. The van der Waals surface area contributed by atoms with Crippen LogP contribution in [0.5, 0.6) is 0 Å². The molecule has 36 heavy (non-hydrogen) atoms. The Kier molecular flexibility index (Phi) is 9.78. The fourth-order valence-electron chi connectivity index (χ4n) is 4.55. The molecule has 0 amide bonds. The highest BCUT2D eigenvalue weighted by Gasteiger charge is 2.28. The monoisotopic (exact) mass is 519 g/mol. The van der Waals surface area contributed by atoms with Gasteiger partial charge in [0, 0.05) is 42.3 Å². The van der Waals surface area contributed by atoms with Gasteiger partial charge in [0.2, 0.25) is 0 Å². The number of nitrogens with zero attached hydrogens (tertiary/aromatic N) is 3. The molecule has 2 heterocycles. The van der Waals surface area contributed by atoms with Gasteiger partial charge in [0.1, 0.15) is 11.1 Å². The van der Waals surface area contributed by atoms with Crippen LogP contribution in [0.3, 0.4) is 0 Å². The second-order valence-electron chi connectivity index (χ2n) is 9.44. The predicted molar refractivity (Wildman–Crippen MR) is 159 cm³/mol. The fraction of sp³-hybridized carbons (Fsp3) is 0.400. The van der Waals surface area contributed by atoms with E-state index >= 15 is 0 Å². The Balaban J connectivity index is 2.18. The van der Waals surface area contributed by atoms with E-state index in [-0.39, 0.29) is 12.5 Å². The van der Waals surface area contributed by atoms with E-state index in [1.54, 1.807) is 23.1 Å². The molecule has 190 valence electrons. The third-order valence-electron chi connectivity index (χ3n) is 6.81. The molecule has 0 bridgehead atoms. The number of allylic oxidation sites excluding steroid dienone is 2. The molecule has 1 atom stereocenters. The molecule has 2 aromatic rings. The normalized spacial score (nSPS) is 15.2. The van der Waals surface area contributed by atoms with Gasteiger partial charge in [-0.2, -0.15) is 5.26 Å². The summed E-state index contributed by atoms with van der Waals surface area (Å²) in [5, 5.41) is 22.3. The van der Waals surface area contributed by atoms with Crippen molar-refractivity contribution in [3.05, 3.63) is 69.8 Å². The SMILES string of the molecule is C=C(/C=C\N=C(CCC)SC)c1sc(N2CC(C)=C(C)C2)c(C#N)c1-c1cccc(C(C)CO)c1C. The third-order valence-corrected chi connectivity index (χ3v) is 8.92. The van der Waals surface area contributed by atoms with E-state index in [0.717, 1.165) is 68.7 Å². The Hall–Kier alpha value is -2.59. The summed E-state index contributed by atoms with van der Waals surface area (Å²) >= 11 is 3.32. The maximum Gasteiger partial charge on any atom is 0.111 e. The van der Waals surface area contributed by atoms with Gasteiger partial charge >= 0.3 is 0 Å². The summed E-state index contributed by atoms with van der Waals surface area (Å²) in [5.41, 5.74) is 8.41. The van der Waals surface area contributed by atoms with Gasteiger partial charge in [-0.15, -0.1) is 23.1 Å². The number of anilines is 1. The van der Waals surface area contributed by atoms with Crippen molar-refractivity contribution in [1.29, 1.82) is 5.26 Å². The topological polar surface area (TPSA) is 59.6 Å². The summed E-state index contributed by atoms with van der Waals surface area (Å²) in [5.74, 6) is 0.0195. The van der Waals surface area contributed by atoms with Crippen LogP contribution in [-0.4, -0.2) is 36.1 Å². The minimum Gasteiger partial charge on any atom is -0.396 e. The third kappa shape index (κ3) is 5.86. The molecule has 0 saturated heterocycles. The summed E-state index contributed by atoms with van der Waals surface area (Å²) in [7, 11) is 0. The van der Waals surface area contributed by atoms with Crippen LogP contribution in [0.2, 0.25) is 0 Å². The minimum atomic E-state index is 0.0195. The van der Waals surface area contributed by atoms with Gasteiger partial charge in [0.05, 0.1) is 10.6 Å². The summed E-state index contributed by atoms with van der Waals surface area (Å²) in [6.45, 7) is 16.7. The molecule has 1 aliphatic rings. The smallest absolute Gasteiger partial charge is 0.111 e. The van der Waals surface area contributed by atoms with Crippen molar-refractivity contribution >= 4 is 38.7 Å². The lowest BCUT2D eigenvalue weighted by molar-refractivity contribution is 0.273. The number of rotatable bonds is 9. The zero-order valence-electron chi connectivity index (χ0n) is 22.3. The van der Waals surface area contributed by atoms with E-state index in [0.29, 0.717) is 5.56 Å². The highest BCUT2D eigenvalue weighted by Crippen LogP contribution is 2.47. The number of hydrogen-bond donors (Lipinski definition) is 1. The molecule has 1 aliphatic heterocycles. The number of benzene rings is 1. The molecule has 0 aliphatic carbocycles. The Morgan fingerprint density at radius 2 is 2.00 bits per heavy atom. The Bertz CT molecular complexity index is 1250. The molecule has 1 aromatic heterocycles. The van der Waals surface area contributed by atoms with Gasteiger partial charge in [-0.05, 0) is 61.8 Å². The average molecular weight is 520 g/mol. The van der Waals surface area contributed by atoms with Gasteiger partial charge in [0.25, 0.3) is 0 Å². The van der Waals surface area contributed by atoms with Gasteiger partial charge in [-0.1, -0.05) is 56.2 Å². The van der Waals surface area contributed by atoms with E-state index in [4.69, 9.17) is 0 Å². The molecule has 4 nitrogen and oxygen atoms in total. The van der Waals surface area contributed by atoms with Crippen molar-refractivity contribution < 1.29 is 5.11 Å². The van der Waals surface area contributed by atoms with Crippen molar-refractivity contribution in [1.82, 2.24) is 0 Å². The van der Waals surface area contributed by atoms with E-state index in [9.17, 15) is 10.4 Å². The van der Waals surface area contributed by atoms with Crippen molar-refractivity contribution in [3.63, 3.8) is 0 Å². The Labute approximate surface area is 224 Å². The van der Waals surface area contributed by atoms with Gasteiger partial charge in [0.15, 0.2) is 0 Å². The Morgan fingerprint density at radius 1 is 1.31 bits per heavy atom. The molecule has 1 unspecified atom stereocenters. The average Bonchev–Trinajstić information content (AvgIpc) is 3.42. The quantitative estimate of drug-likeness (QED) is 0.158. The van der Waals surface area contributed by atoms with Crippen LogP contribution in [0, 0.1) is 18.3 Å². The molecule has 1 aromatic carbocycles. The number of thiophene rings is 1. The van der Waals surface area contributed by atoms with Crippen LogP contribution >= 0.6 is 23.1 Å². The molecule has 3 rings (SSSR count). The van der Waals surface area contributed by atoms with Crippen LogP contribution in [0.15, 0.2) is 53.2 Å². The van der Waals surface area contributed by atoms with Gasteiger partial charge in [-0.3, -0.25) is 4.99 Å². The molecular weight excluding hydrogens is 482 g/mol. The maximum atomic E-state index is 10.4. The van der Waals surface area contributed by atoms with Crippen LogP contribution < -0.4 is 4.90 Å². The van der Waals surface area contributed by atoms with Crippen LogP contribution in [0.4, 0.5) is 5.00 Å². The second-order valence-corrected chi connectivity index (χ2v) is 11.3. The largest absolute Gasteiger partial charge is 0.396 e. The van der Waals surface area contributed by atoms with Crippen molar-refractivity contribution in [2.24, 2.45) is 4.99 Å². The van der Waals surface area contributed by atoms with Crippen molar-refractivity contribution in [2.45, 2.75) is 53.4 Å². The Morgan fingerprint density at radius 3 is 2.58 bits per heavy atom. The van der Waals surface area contributed by atoms with E-state index < -0.39 is 0 Å². The molecule has 0 fully saturated rings. The first-order chi connectivity index (χ1) is 17.3. The first kappa shape index (κ1) is 28.0. The molecular formula is C30H37N3OS2. The number of aliphatic hydroxyl groups is 1. The van der Waals surface area contributed by atoms with E-state index in [2.05, 4.69) is 68.6 Å². The summed E-state index contributed by atoms with van der Waals surface area (Å²) in [6.07, 6.45) is 7.86. The number of thioether (sulfide) groups is 1. The van der Waals surface area contributed by atoms with E-state index in [1.165, 1.54) is 11.1 Å². The lowest BCUT2D eigenvalue weighted by Crippen LogP contribution is -2.19. The van der Waals surface area contributed by atoms with E-state index in [1.807, 2.05) is 25.3 Å².